The molecule has 0 unspecified atom stereocenters. The van der Waals surface area contributed by atoms with Crippen molar-refractivity contribution in [2.45, 2.75) is 6.54 Å². The quantitative estimate of drug-likeness (QED) is 0.751. The lowest BCUT2D eigenvalue weighted by molar-refractivity contribution is -0.137. The standard InChI is InChI=1S/C10H16N4O4/c1-13(7-9(15)16)10(17)12-8-5-11-14(6-8)3-4-18-2/h5-6H,3-4,7H2,1-2H3,(H,12,17)(H,15,16). The third kappa shape index (κ3) is 4.42. The molecule has 0 aromatic carbocycles. The van der Waals surface area contributed by atoms with E-state index in [-0.39, 0.29) is 6.54 Å². The van der Waals surface area contributed by atoms with Crippen LogP contribution in [-0.4, -0.2) is 59.1 Å². The summed E-state index contributed by atoms with van der Waals surface area (Å²) in [6.45, 7) is 0.745. The molecule has 1 aromatic rings. The van der Waals surface area contributed by atoms with Gasteiger partial charge in [-0.3, -0.25) is 9.48 Å². The molecule has 100 valence electrons. The van der Waals surface area contributed by atoms with Gasteiger partial charge in [0.25, 0.3) is 0 Å². The van der Waals surface area contributed by atoms with E-state index in [1.165, 1.54) is 13.2 Å². The molecule has 18 heavy (non-hydrogen) atoms. The van der Waals surface area contributed by atoms with Gasteiger partial charge in [-0.2, -0.15) is 5.10 Å². The summed E-state index contributed by atoms with van der Waals surface area (Å²) in [5.41, 5.74) is 0.508. The third-order valence-electron chi connectivity index (χ3n) is 2.13. The van der Waals surface area contributed by atoms with E-state index in [1.807, 2.05) is 0 Å². The number of carboxylic acid groups (broad SMARTS) is 1. The molecule has 0 saturated carbocycles. The van der Waals surface area contributed by atoms with Crippen LogP contribution in [0, 0.1) is 0 Å². The van der Waals surface area contributed by atoms with E-state index < -0.39 is 12.0 Å². The summed E-state index contributed by atoms with van der Waals surface area (Å²) in [4.78, 5) is 23.1. The highest BCUT2D eigenvalue weighted by molar-refractivity contribution is 5.90. The van der Waals surface area contributed by atoms with E-state index in [2.05, 4.69) is 10.4 Å². The van der Waals surface area contributed by atoms with Gasteiger partial charge in [-0.25, -0.2) is 4.79 Å². The highest BCUT2D eigenvalue weighted by atomic mass is 16.5. The van der Waals surface area contributed by atoms with Gasteiger partial charge in [0.15, 0.2) is 0 Å². The molecule has 0 atom stereocenters. The molecule has 0 aliphatic heterocycles. The summed E-state index contributed by atoms with van der Waals surface area (Å²) in [5.74, 6) is -1.07. The Morgan fingerprint density at radius 2 is 2.33 bits per heavy atom. The SMILES string of the molecule is COCCn1cc(NC(=O)N(C)CC(=O)O)cn1. The number of anilines is 1. The minimum Gasteiger partial charge on any atom is -0.480 e. The number of rotatable bonds is 6. The first-order chi connectivity index (χ1) is 8.52. The fraction of sp³-hybridized carbons (Fsp3) is 0.500. The molecule has 0 spiro atoms. The van der Waals surface area contributed by atoms with Gasteiger partial charge in [0, 0.05) is 20.4 Å². The monoisotopic (exact) mass is 256 g/mol. The van der Waals surface area contributed by atoms with Crippen molar-refractivity contribution in [1.82, 2.24) is 14.7 Å². The van der Waals surface area contributed by atoms with Crippen molar-refractivity contribution < 1.29 is 19.4 Å². The number of carboxylic acids is 1. The molecule has 0 aliphatic carbocycles. The van der Waals surface area contributed by atoms with Gasteiger partial charge in [0.2, 0.25) is 0 Å². The van der Waals surface area contributed by atoms with E-state index in [4.69, 9.17) is 9.84 Å². The highest BCUT2D eigenvalue weighted by Crippen LogP contribution is 2.05. The van der Waals surface area contributed by atoms with Crippen LogP contribution in [0.2, 0.25) is 0 Å². The fourth-order valence-corrected chi connectivity index (χ4v) is 1.23. The van der Waals surface area contributed by atoms with Gasteiger partial charge < -0.3 is 20.1 Å². The van der Waals surface area contributed by atoms with Gasteiger partial charge in [0.1, 0.15) is 6.54 Å². The van der Waals surface area contributed by atoms with Crippen LogP contribution in [0.25, 0.3) is 0 Å². The molecule has 1 rings (SSSR count). The number of aromatic nitrogens is 2. The maximum absolute atomic E-state index is 11.6. The van der Waals surface area contributed by atoms with Crippen molar-refractivity contribution in [3.05, 3.63) is 12.4 Å². The molecular formula is C10H16N4O4. The van der Waals surface area contributed by atoms with Crippen molar-refractivity contribution in [1.29, 1.82) is 0 Å². The van der Waals surface area contributed by atoms with Crippen LogP contribution in [0.4, 0.5) is 10.5 Å². The largest absolute Gasteiger partial charge is 0.480 e. The Labute approximate surface area is 104 Å². The number of carbonyl (C=O) groups is 2. The second-order valence-corrected chi connectivity index (χ2v) is 3.66. The summed E-state index contributed by atoms with van der Waals surface area (Å²) in [6.07, 6.45) is 3.13. The van der Waals surface area contributed by atoms with Crippen molar-refractivity contribution in [3.63, 3.8) is 0 Å². The molecule has 0 radical (unpaired) electrons. The first-order valence-corrected chi connectivity index (χ1v) is 5.28. The van der Waals surface area contributed by atoms with Gasteiger partial charge in [-0.05, 0) is 0 Å². The normalized spacial score (nSPS) is 10.1. The maximum Gasteiger partial charge on any atom is 0.323 e. The number of amides is 2. The molecule has 2 N–H and O–H groups in total. The fourth-order valence-electron chi connectivity index (χ4n) is 1.23. The third-order valence-corrected chi connectivity index (χ3v) is 2.13. The number of urea groups is 1. The molecule has 0 aliphatic rings. The van der Waals surface area contributed by atoms with E-state index in [0.29, 0.717) is 18.8 Å². The maximum atomic E-state index is 11.6. The Bertz CT molecular complexity index is 418. The molecular weight excluding hydrogens is 240 g/mol. The smallest absolute Gasteiger partial charge is 0.323 e. The molecule has 8 heteroatoms. The highest BCUT2D eigenvalue weighted by Gasteiger charge is 2.12. The summed E-state index contributed by atoms with van der Waals surface area (Å²) >= 11 is 0. The number of nitrogens with one attached hydrogen (secondary N) is 1. The molecule has 8 nitrogen and oxygen atoms in total. The number of nitrogens with zero attached hydrogens (tertiary/aromatic N) is 3. The average molecular weight is 256 g/mol. The van der Waals surface area contributed by atoms with Crippen LogP contribution in [0.3, 0.4) is 0 Å². The predicted molar refractivity (Wildman–Crippen MR) is 63.4 cm³/mol. The number of ether oxygens (including phenoxy) is 1. The number of likely N-dealkylation sites (N-methyl/N-ethyl adjacent to an activating group) is 1. The molecule has 0 saturated heterocycles. The lowest BCUT2D eigenvalue weighted by Gasteiger charge is -2.14. The molecule has 2 amide bonds. The van der Waals surface area contributed by atoms with Crippen LogP contribution in [0.5, 0.6) is 0 Å². The van der Waals surface area contributed by atoms with Gasteiger partial charge >= 0.3 is 12.0 Å². The molecule has 0 bridgehead atoms. The molecule has 0 fully saturated rings. The Morgan fingerprint density at radius 3 is 2.94 bits per heavy atom. The van der Waals surface area contributed by atoms with Crippen molar-refractivity contribution >= 4 is 17.7 Å². The summed E-state index contributed by atoms with van der Waals surface area (Å²) in [5, 5.41) is 15.1. The van der Waals surface area contributed by atoms with Crippen molar-refractivity contribution in [2.75, 3.05) is 32.6 Å². The van der Waals surface area contributed by atoms with Crippen LogP contribution < -0.4 is 5.32 Å². The van der Waals surface area contributed by atoms with E-state index in [0.717, 1.165) is 4.90 Å². The lowest BCUT2D eigenvalue weighted by Crippen LogP contribution is -2.35. The molecule has 1 heterocycles. The number of methoxy groups -OCH3 is 1. The summed E-state index contributed by atoms with van der Waals surface area (Å²) in [6, 6.07) is -0.497. The number of hydrogen-bond acceptors (Lipinski definition) is 4. The van der Waals surface area contributed by atoms with Crippen LogP contribution in [0.1, 0.15) is 0 Å². The first kappa shape index (κ1) is 14.0. The van der Waals surface area contributed by atoms with E-state index in [1.54, 1.807) is 18.0 Å². The zero-order valence-corrected chi connectivity index (χ0v) is 10.3. The number of hydrogen-bond donors (Lipinski definition) is 2. The summed E-state index contributed by atoms with van der Waals surface area (Å²) in [7, 11) is 2.99. The Balaban J connectivity index is 2.48. The van der Waals surface area contributed by atoms with E-state index in [9.17, 15) is 9.59 Å². The Kier molecular flexibility index (Phi) is 5.12. The van der Waals surface area contributed by atoms with Gasteiger partial charge in [0.05, 0.1) is 25.0 Å². The van der Waals surface area contributed by atoms with Crippen molar-refractivity contribution in [2.24, 2.45) is 0 Å². The number of aliphatic carboxylic acids is 1. The summed E-state index contributed by atoms with van der Waals surface area (Å²) < 4.78 is 6.52. The Morgan fingerprint density at radius 1 is 1.61 bits per heavy atom. The van der Waals surface area contributed by atoms with Gasteiger partial charge in [-0.15, -0.1) is 0 Å². The number of carbonyl (C=O) groups excluding carboxylic acids is 1. The van der Waals surface area contributed by atoms with Crippen molar-refractivity contribution in [3.8, 4) is 0 Å². The second-order valence-electron chi connectivity index (χ2n) is 3.66. The van der Waals surface area contributed by atoms with Gasteiger partial charge in [-0.1, -0.05) is 0 Å². The predicted octanol–water partition coefficient (Wildman–Crippen LogP) is 0.0778. The van der Waals surface area contributed by atoms with E-state index >= 15 is 0 Å². The minimum atomic E-state index is -1.07. The average Bonchev–Trinajstić information content (AvgIpc) is 2.73. The first-order valence-electron chi connectivity index (χ1n) is 5.28. The zero-order valence-electron chi connectivity index (χ0n) is 10.3. The minimum absolute atomic E-state index is 0.357. The molecule has 1 aromatic heterocycles. The van der Waals surface area contributed by atoms with Crippen LogP contribution >= 0.6 is 0 Å². The Hall–Kier alpha value is -2.09. The zero-order chi connectivity index (χ0) is 13.5. The van der Waals surface area contributed by atoms with Crippen LogP contribution in [-0.2, 0) is 16.1 Å². The topological polar surface area (TPSA) is 96.7 Å². The van der Waals surface area contributed by atoms with Crippen LogP contribution in [0.15, 0.2) is 12.4 Å². The second kappa shape index (κ2) is 6.60. The lowest BCUT2D eigenvalue weighted by atomic mass is 10.5.